The van der Waals surface area contributed by atoms with Crippen molar-refractivity contribution in [2.24, 2.45) is 0 Å². The largest absolute Gasteiger partial charge is 0.574 e. The molecule has 1 aromatic carbocycles. The third-order valence-electron chi connectivity index (χ3n) is 2.93. The van der Waals surface area contributed by atoms with Crippen LogP contribution in [-0.2, 0) is 14.8 Å². The van der Waals surface area contributed by atoms with E-state index in [-0.39, 0.29) is 6.07 Å². The Hall–Kier alpha value is -3.49. The first-order valence-electron chi connectivity index (χ1n) is 7.23. The zero-order valence-electron chi connectivity index (χ0n) is 14.2. The summed E-state index contributed by atoms with van der Waals surface area (Å²) in [6.45, 7) is 0. The first-order chi connectivity index (χ1) is 13.4. The number of halogens is 4. The van der Waals surface area contributed by atoms with Gasteiger partial charge in [0.25, 0.3) is 10.0 Å². The van der Waals surface area contributed by atoms with Gasteiger partial charge in [-0.05, 0) is 12.1 Å². The zero-order chi connectivity index (χ0) is 21.8. The van der Waals surface area contributed by atoms with Crippen LogP contribution >= 0.6 is 0 Å². The normalized spacial score (nSPS) is 11.5. The number of sulfonamides is 1. The average molecular weight is 438 g/mol. The van der Waals surface area contributed by atoms with Crippen molar-refractivity contribution in [2.75, 3.05) is 12.4 Å². The fourth-order valence-electron chi connectivity index (χ4n) is 1.91. The van der Waals surface area contributed by atoms with Crippen LogP contribution in [0.15, 0.2) is 35.2 Å². The molecule has 0 atom stereocenters. The number of nitrogens with one attached hydrogen (secondary N) is 2. The quantitative estimate of drug-likeness (QED) is 0.410. The molecule has 0 radical (unpaired) electrons. The van der Waals surface area contributed by atoms with Gasteiger partial charge in [-0.2, -0.15) is 14.4 Å². The topological polar surface area (TPSA) is 137 Å². The molecule has 0 unspecified atom stereocenters. The zero-order valence-corrected chi connectivity index (χ0v) is 15.0. The third-order valence-corrected chi connectivity index (χ3v) is 4.32. The monoisotopic (exact) mass is 438 g/mol. The number of carbonyl (C=O) groups is 2. The smallest absolute Gasteiger partial charge is 0.465 e. The highest BCUT2D eigenvalue weighted by Crippen LogP contribution is 2.22. The van der Waals surface area contributed by atoms with Gasteiger partial charge in [0.2, 0.25) is 17.8 Å². The van der Waals surface area contributed by atoms with Crippen LogP contribution in [0.5, 0.6) is 5.88 Å². The summed E-state index contributed by atoms with van der Waals surface area (Å²) in [5, 5.41) is 1.64. The average Bonchev–Trinajstić information content (AvgIpc) is 2.58. The molecule has 2 N–H and O–H groups in total. The molecule has 0 spiro atoms. The molecular formula is C14H10F4N4O6S. The highest BCUT2D eigenvalue weighted by Gasteiger charge is 2.32. The van der Waals surface area contributed by atoms with E-state index in [4.69, 9.17) is 0 Å². The van der Waals surface area contributed by atoms with E-state index in [2.05, 4.69) is 19.4 Å². The van der Waals surface area contributed by atoms with Crippen molar-refractivity contribution in [3.8, 4) is 5.88 Å². The van der Waals surface area contributed by atoms with Crippen LogP contribution in [0.1, 0.15) is 10.4 Å². The van der Waals surface area contributed by atoms with Crippen LogP contribution in [0.4, 0.5) is 28.3 Å². The van der Waals surface area contributed by atoms with E-state index in [9.17, 15) is 35.6 Å². The number of nitrogens with zero attached hydrogens (tertiary/aromatic N) is 2. The van der Waals surface area contributed by atoms with Gasteiger partial charge in [0.05, 0.1) is 18.7 Å². The minimum atomic E-state index is -5.19. The number of carbonyl (C=O) groups excluding carboxylic acids is 2. The summed E-state index contributed by atoms with van der Waals surface area (Å²) in [7, 11) is -3.63. The summed E-state index contributed by atoms with van der Waals surface area (Å²) < 4.78 is 83.8. The standard InChI is InChI=1S/C14H10F4N4O6S/c1-27-11(23)7-4-2-3-5-8(7)29(25,26)22-13(24)21-12-19-9(15)6-10(20-12)28-14(16,17)18/h2-6H,1H3,(H2,19,20,21,22,24). The number of esters is 1. The van der Waals surface area contributed by atoms with Gasteiger partial charge in [-0.15, -0.1) is 13.2 Å². The van der Waals surface area contributed by atoms with Crippen LogP contribution in [0.2, 0.25) is 0 Å². The van der Waals surface area contributed by atoms with E-state index in [0.717, 1.165) is 19.2 Å². The number of alkyl halides is 3. The van der Waals surface area contributed by atoms with Crippen LogP contribution < -0.4 is 14.8 Å². The Kier molecular flexibility index (Phi) is 6.21. The third kappa shape index (κ3) is 6.00. The molecule has 0 aliphatic rings. The van der Waals surface area contributed by atoms with Crippen LogP contribution in [-0.4, -0.2) is 43.9 Å². The van der Waals surface area contributed by atoms with Crippen molar-refractivity contribution in [1.29, 1.82) is 0 Å². The number of hydrogen-bond donors (Lipinski definition) is 2. The van der Waals surface area contributed by atoms with Crippen molar-refractivity contribution < 1.29 is 45.0 Å². The van der Waals surface area contributed by atoms with Gasteiger partial charge in [0.15, 0.2) is 0 Å². The van der Waals surface area contributed by atoms with E-state index in [1.54, 1.807) is 5.32 Å². The van der Waals surface area contributed by atoms with Gasteiger partial charge in [0, 0.05) is 0 Å². The van der Waals surface area contributed by atoms with E-state index in [1.165, 1.54) is 16.9 Å². The van der Waals surface area contributed by atoms with Gasteiger partial charge in [-0.3, -0.25) is 5.32 Å². The number of methoxy groups -OCH3 is 1. The number of rotatable bonds is 5. The molecule has 1 heterocycles. The molecule has 0 aliphatic carbocycles. The lowest BCUT2D eigenvalue weighted by molar-refractivity contribution is -0.276. The molecule has 0 saturated heterocycles. The maximum absolute atomic E-state index is 13.3. The van der Waals surface area contributed by atoms with Crippen molar-refractivity contribution in [1.82, 2.24) is 14.7 Å². The Morgan fingerprint density at radius 3 is 2.41 bits per heavy atom. The molecule has 1 aromatic heterocycles. The van der Waals surface area contributed by atoms with Gasteiger partial charge >= 0.3 is 18.4 Å². The molecule has 15 heteroatoms. The summed E-state index contributed by atoms with van der Waals surface area (Å²) >= 11 is 0. The second-order valence-electron chi connectivity index (χ2n) is 4.95. The molecule has 2 aromatic rings. The lowest BCUT2D eigenvalue weighted by atomic mass is 10.2. The molecule has 29 heavy (non-hydrogen) atoms. The van der Waals surface area contributed by atoms with Crippen LogP contribution in [0, 0.1) is 5.95 Å². The van der Waals surface area contributed by atoms with Crippen molar-refractivity contribution in [3.05, 3.63) is 41.8 Å². The molecule has 2 amide bonds. The number of ether oxygens (including phenoxy) is 2. The van der Waals surface area contributed by atoms with Crippen molar-refractivity contribution in [3.63, 3.8) is 0 Å². The first-order valence-corrected chi connectivity index (χ1v) is 8.71. The van der Waals surface area contributed by atoms with Gasteiger partial charge in [-0.1, -0.05) is 12.1 Å². The molecule has 2 rings (SSSR count). The lowest BCUT2D eigenvalue weighted by Crippen LogP contribution is -2.35. The number of hydrogen-bond acceptors (Lipinski definition) is 8. The molecule has 156 valence electrons. The van der Waals surface area contributed by atoms with E-state index in [1.807, 2.05) is 0 Å². The minimum Gasteiger partial charge on any atom is -0.465 e. The Morgan fingerprint density at radius 1 is 1.14 bits per heavy atom. The Bertz CT molecular complexity index is 1040. The van der Waals surface area contributed by atoms with E-state index >= 15 is 0 Å². The second kappa shape index (κ2) is 8.26. The predicted octanol–water partition coefficient (Wildman–Crippen LogP) is 1.81. The van der Waals surface area contributed by atoms with Crippen LogP contribution in [0.3, 0.4) is 0 Å². The molecular weight excluding hydrogens is 428 g/mol. The maximum Gasteiger partial charge on any atom is 0.574 e. The summed E-state index contributed by atoms with van der Waals surface area (Å²) in [5.41, 5.74) is -0.391. The lowest BCUT2D eigenvalue weighted by Gasteiger charge is -2.11. The molecule has 0 saturated carbocycles. The van der Waals surface area contributed by atoms with Gasteiger partial charge in [-0.25, -0.2) is 22.7 Å². The fraction of sp³-hybridized carbons (Fsp3) is 0.143. The van der Waals surface area contributed by atoms with E-state index in [0.29, 0.717) is 0 Å². The van der Waals surface area contributed by atoms with Crippen LogP contribution in [0.25, 0.3) is 0 Å². The molecule has 0 aliphatic heterocycles. The Balaban J connectivity index is 2.22. The highest BCUT2D eigenvalue weighted by molar-refractivity contribution is 7.90. The summed E-state index contributed by atoms with van der Waals surface area (Å²) in [6, 6.07) is 3.36. The Morgan fingerprint density at radius 2 is 1.79 bits per heavy atom. The maximum atomic E-state index is 13.3. The van der Waals surface area contributed by atoms with Crippen molar-refractivity contribution in [2.45, 2.75) is 11.3 Å². The van der Waals surface area contributed by atoms with Crippen molar-refractivity contribution >= 4 is 28.0 Å². The summed E-state index contributed by atoms with van der Waals surface area (Å²) in [6.07, 6.45) is -5.19. The van der Waals surface area contributed by atoms with E-state index < -0.39 is 56.6 Å². The molecule has 0 fully saturated rings. The van der Waals surface area contributed by atoms with Gasteiger partial charge in [0.1, 0.15) is 4.90 Å². The number of aromatic nitrogens is 2. The molecule has 10 nitrogen and oxygen atoms in total. The SMILES string of the molecule is COC(=O)c1ccccc1S(=O)(=O)NC(=O)Nc1nc(F)cc(OC(F)(F)F)n1. The first kappa shape index (κ1) is 21.8. The summed E-state index contributed by atoms with van der Waals surface area (Å²) in [5.74, 6) is -4.79. The number of benzene rings is 1. The summed E-state index contributed by atoms with van der Waals surface area (Å²) in [4.78, 5) is 29.0. The highest BCUT2D eigenvalue weighted by atomic mass is 32.2. The number of urea groups is 1. The number of amides is 2. The van der Waals surface area contributed by atoms with Gasteiger partial charge < -0.3 is 9.47 Å². The number of anilines is 1. The predicted molar refractivity (Wildman–Crippen MR) is 85.8 cm³/mol. The molecule has 0 bridgehead atoms. The second-order valence-corrected chi connectivity index (χ2v) is 6.60. The minimum absolute atomic E-state index is 0.194. The Labute approximate surface area is 159 Å². The fourth-order valence-corrected chi connectivity index (χ4v) is 3.01.